The van der Waals surface area contributed by atoms with Crippen LogP contribution in [0.15, 0.2) is 66.0 Å². The number of carbonyl (C=O) groups excluding carboxylic acids is 10. The number of hydrogen-bond donors (Lipinski definition) is 6. The van der Waals surface area contributed by atoms with Crippen LogP contribution in [0.4, 0.5) is 0 Å². The van der Waals surface area contributed by atoms with E-state index in [1.807, 2.05) is 0 Å². The Morgan fingerprint density at radius 1 is 0.805 bits per heavy atom. The summed E-state index contributed by atoms with van der Waals surface area (Å²) < 4.78 is 23.3. The van der Waals surface area contributed by atoms with Gasteiger partial charge in [0, 0.05) is 55.8 Å². The zero-order valence-electron chi connectivity index (χ0n) is 42.8. The largest absolute Gasteiger partial charge is 0.497 e. The molecule has 24 heteroatoms. The van der Waals surface area contributed by atoms with Crippen molar-refractivity contribution in [3.63, 3.8) is 0 Å². The Morgan fingerprint density at radius 2 is 1.51 bits per heavy atom. The molecule has 0 spiro atoms. The van der Waals surface area contributed by atoms with Crippen LogP contribution in [0.25, 0.3) is 27.9 Å². The Bertz CT molecular complexity index is 3090. The number of amides is 8. The highest BCUT2D eigenvalue weighted by molar-refractivity contribution is 6.02. The van der Waals surface area contributed by atoms with Gasteiger partial charge in [0.05, 0.1) is 55.8 Å². The molecule has 0 aliphatic carbocycles. The maximum absolute atomic E-state index is 14.1. The maximum atomic E-state index is 14.1. The summed E-state index contributed by atoms with van der Waals surface area (Å²) in [7, 11) is 1.50. The second-order valence-corrected chi connectivity index (χ2v) is 18.2. The molecule has 4 aromatic rings. The summed E-state index contributed by atoms with van der Waals surface area (Å²) in [4.78, 5) is 146. The van der Waals surface area contributed by atoms with Crippen molar-refractivity contribution in [1.82, 2.24) is 46.4 Å². The number of nitrogens with zero attached hydrogens (tertiary/aromatic N) is 3. The molecule has 3 aliphatic heterocycles. The Hall–Kier alpha value is -8.80. The number of imide groups is 1. The summed E-state index contributed by atoms with van der Waals surface area (Å²) in [5.74, 6) is -5.34. The van der Waals surface area contributed by atoms with Crippen LogP contribution in [0.5, 0.6) is 5.75 Å². The fourth-order valence-corrected chi connectivity index (χ4v) is 9.17. The third-order valence-corrected chi connectivity index (χ3v) is 13.2. The average molecular weight is 1060 g/mol. The van der Waals surface area contributed by atoms with Crippen molar-refractivity contribution >= 4 is 75.7 Å². The van der Waals surface area contributed by atoms with Crippen molar-refractivity contribution < 1.29 is 66.9 Å². The summed E-state index contributed by atoms with van der Waals surface area (Å²) in [5, 5.41) is 15.7. The van der Waals surface area contributed by atoms with Crippen LogP contribution in [0.3, 0.4) is 0 Å². The summed E-state index contributed by atoms with van der Waals surface area (Å²) in [6, 6.07) is 13.9. The second-order valence-electron chi connectivity index (χ2n) is 18.2. The van der Waals surface area contributed by atoms with Gasteiger partial charge in [-0.05, 0) is 60.2 Å². The normalized spacial score (nSPS) is 15.5. The molecule has 0 unspecified atom stereocenters. The second kappa shape index (κ2) is 25.2. The predicted octanol–water partition coefficient (Wildman–Crippen LogP) is 0.622. The monoisotopic (exact) mass is 1060 g/mol. The van der Waals surface area contributed by atoms with Crippen LogP contribution in [0.2, 0.25) is 0 Å². The Labute approximate surface area is 441 Å². The van der Waals surface area contributed by atoms with Crippen molar-refractivity contribution in [2.24, 2.45) is 0 Å². The minimum absolute atomic E-state index is 0.00597. The quantitative estimate of drug-likeness (QED) is 0.0202. The fourth-order valence-electron chi connectivity index (χ4n) is 9.17. The summed E-state index contributed by atoms with van der Waals surface area (Å²) in [6.45, 7) is 4.29. The van der Waals surface area contributed by atoms with Gasteiger partial charge >= 0.3 is 11.9 Å². The number of cyclic esters (lactones) is 1. The van der Waals surface area contributed by atoms with E-state index in [1.165, 1.54) is 23.5 Å². The first kappa shape index (κ1) is 55.9. The minimum Gasteiger partial charge on any atom is -0.497 e. The van der Waals surface area contributed by atoms with Gasteiger partial charge in [-0.2, -0.15) is 0 Å². The van der Waals surface area contributed by atoms with Gasteiger partial charge in [0.15, 0.2) is 0 Å². The van der Waals surface area contributed by atoms with E-state index in [4.69, 9.17) is 23.9 Å². The highest BCUT2D eigenvalue weighted by atomic mass is 16.6. The topological polar surface area (TPSA) is 318 Å². The van der Waals surface area contributed by atoms with E-state index in [-0.39, 0.29) is 73.9 Å². The molecule has 2 aromatic heterocycles. The van der Waals surface area contributed by atoms with Gasteiger partial charge in [-0.3, -0.25) is 52.8 Å². The fraction of sp³-hybridized carbons (Fsp3) is 0.396. The number of fused-ring (bicyclic) bond motifs is 5. The zero-order chi connectivity index (χ0) is 55.4. The highest BCUT2D eigenvalue weighted by Gasteiger charge is 2.50. The lowest BCUT2D eigenvalue weighted by molar-refractivity contribution is -0.188. The molecule has 0 bridgehead atoms. The van der Waals surface area contributed by atoms with Gasteiger partial charge in [0.25, 0.3) is 5.56 Å². The first-order chi connectivity index (χ1) is 36.9. The van der Waals surface area contributed by atoms with E-state index in [1.54, 1.807) is 61.5 Å². The number of benzene rings is 2. The van der Waals surface area contributed by atoms with Gasteiger partial charge in [0.2, 0.25) is 52.9 Å². The van der Waals surface area contributed by atoms with Gasteiger partial charge in [-0.1, -0.05) is 50.3 Å². The highest BCUT2D eigenvalue weighted by Crippen LogP contribution is 2.42. The van der Waals surface area contributed by atoms with E-state index in [2.05, 4.69) is 38.5 Å². The molecule has 1 saturated heterocycles. The molecule has 0 radical (unpaired) electrons. The molecular formula is C53H59N9O15. The molecule has 0 saturated carbocycles. The molecule has 7 rings (SSSR count). The van der Waals surface area contributed by atoms with Crippen LogP contribution in [0.1, 0.15) is 86.6 Å². The summed E-state index contributed by atoms with van der Waals surface area (Å²) in [5.41, 5.74) is 1.29. The van der Waals surface area contributed by atoms with E-state index < -0.39 is 97.6 Å². The van der Waals surface area contributed by atoms with E-state index >= 15 is 0 Å². The predicted molar refractivity (Wildman–Crippen MR) is 272 cm³/mol. The number of unbranched alkanes of at least 4 members (excludes halogenated alkanes) is 2. The Balaban J connectivity index is 0.885. The van der Waals surface area contributed by atoms with Crippen LogP contribution >= 0.6 is 0 Å². The molecule has 2 atom stereocenters. The lowest BCUT2D eigenvalue weighted by Crippen LogP contribution is -2.52. The number of methoxy groups -OCH3 is 1. The average Bonchev–Trinajstić information content (AvgIpc) is 4.07. The molecule has 77 heavy (non-hydrogen) atoms. The van der Waals surface area contributed by atoms with Crippen molar-refractivity contribution in [2.45, 2.75) is 90.1 Å². The number of aromatic nitrogens is 2. The molecule has 24 nitrogen and oxygen atoms in total. The molecular weight excluding hydrogens is 1000 g/mol. The molecule has 3 aliphatic rings. The van der Waals surface area contributed by atoms with Crippen molar-refractivity contribution in [1.29, 1.82) is 0 Å². The number of esters is 2. The van der Waals surface area contributed by atoms with Gasteiger partial charge in [-0.25, -0.2) is 9.78 Å². The SMILES string of the molecule is C=C(c1ccccc1)[C@H](NC(=O)CNC(=O)CNC(=O)CCCCCN1C(=O)CCC1=O)C(=O)NCC(=O)NCOCC(=O)NCc1c2c(nc3ccc(OC)cc13)-c1cc3c(c(=O)n1C2)COC(=O)[C@@]3(CC)OC(C)=O. The summed E-state index contributed by atoms with van der Waals surface area (Å²) >= 11 is 0. The van der Waals surface area contributed by atoms with Gasteiger partial charge in [-0.15, -0.1) is 0 Å². The van der Waals surface area contributed by atoms with Crippen molar-refractivity contribution in [2.75, 3.05) is 46.6 Å². The first-order valence-electron chi connectivity index (χ1n) is 24.9. The van der Waals surface area contributed by atoms with E-state index in [9.17, 15) is 52.7 Å². The molecule has 8 amide bonds. The Morgan fingerprint density at radius 3 is 2.22 bits per heavy atom. The lowest BCUT2D eigenvalue weighted by Gasteiger charge is -2.35. The van der Waals surface area contributed by atoms with Crippen LogP contribution in [-0.2, 0) is 87.5 Å². The maximum Gasteiger partial charge on any atom is 0.355 e. The molecule has 1 fully saturated rings. The van der Waals surface area contributed by atoms with E-state index in [0.717, 1.165) is 0 Å². The number of hydrogen-bond acceptors (Lipinski definition) is 16. The third kappa shape index (κ3) is 13.2. The molecule has 5 heterocycles. The van der Waals surface area contributed by atoms with Crippen LogP contribution in [-0.4, -0.2) is 126 Å². The summed E-state index contributed by atoms with van der Waals surface area (Å²) in [6.07, 6.45) is 2.17. The number of nitrogens with one attached hydrogen (secondary N) is 6. The minimum atomic E-state index is -1.84. The molecule has 2 aromatic carbocycles. The van der Waals surface area contributed by atoms with Crippen LogP contribution in [0, 0.1) is 0 Å². The Kier molecular flexibility index (Phi) is 18.3. The molecule has 406 valence electrons. The number of carbonyl (C=O) groups is 10. The third-order valence-electron chi connectivity index (χ3n) is 13.2. The smallest absolute Gasteiger partial charge is 0.355 e. The van der Waals surface area contributed by atoms with Gasteiger partial charge < -0.3 is 55.4 Å². The standard InChI is InChI=1S/C53H59N9O15/c1-5-53(77-31(3)63)38-21-40-49-36(26-62(40)51(72)37(38)27-76-52(53)73)35(34-20-33(74-4)15-16-39(34)59-49)22-54-45(68)28-75-29-58-43(66)24-57-50(71)48(30(2)32-12-8-6-9-13-32)60-44(67)25-56-42(65)23-55-41(64)14-10-7-11-19-61-46(69)17-18-47(61)70/h6,8-9,12-13,15-16,20-21,48H,2,5,7,10-11,14,17-19,22-29H2,1,3-4H3,(H,54,68)(H,55,64)(H,56,65)(H,57,71)(H,58,66)(H,60,67)/t48-,53-/m0/s1. The van der Waals surface area contributed by atoms with Gasteiger partial charge in [0.1, 0.15) is 31.7 Å². The van der Waals surface area contributed by atoms with Crippen LogP contribution < -0.4 is 42.2 Å². The zero-order valence-corrected chi connectivity index (χ0v) is 42.8. The number of likely N-dealkylation sites (tertiary alicyclic amines) is 1. The number of pyridine rings is 2. The lowest BCUT2D eigenvalue weighted by atomic mass is 9.85. The van der Waals surface area contributed by atoms with Crippen molar-refractivity contribution in [3.05, 3.63) is 99.3 Å². The number of rotatable bonds is 25. The molecule has 6 N–H and O–H groups in total. The first-order valence-corrected chi connectivity index (χ1v) is 24.9. The van der Waals surface area contributed by atoms with Crippen molar-refractivity contribution in [3.8, 4) is 17.1 Å². The number of ether oxygens (including phenoxy) is 4. The van der Waals surface area contributed by atoms with E-state index in [0.29, 0.717) is 70.5 Å².